The van der Waals surface area contributed by atoms with Crippen LogP contribution in [0.5, 0.6) is 0 Å². The van der Waals surface area contributed by atoms with E-state index in [9.17, 15) is 9.59 Å². The number of quaternary nitrogens is 1. The maximum Gasteiger partial charge on any atom is 0.362 e. The molecule has 0 spiro atoms. The molecule has 0 amide bonds. The molecule has 2 aromatic rings. The first-order chi connectivity index (χ1) is 15.7. The number of hydrogen-bond donors (Lipinski definition) is 1. The van der Waals surface area contributed by atoms with E-state index in [1.54, 1.807) is 0 Å². The molecule has 3 aliphatic rings. The van der Waals surface area contributed by atoms with Crippen molar-refractivity contribution in [3.05, 3.63) is 66.2 Å². The fourth-order valence-electron chi connectivity index (χ4n) is 5.07. The van der Waals surface area contributed by atoms with Crippen LogP contribution in [0.4, 0.5) is 5.69 Å². The van der Waals surface area contributed by atoms with Gasteiger partial charge in [-0.05, 0) is 38.5 Å². The molecule has 0 aliphatic carbocycles. The number of ether oxygens (including phenoxy) is 2. The quantitative estimate of drug-likeness (QED) is 0.501. The van der Waals surface area contributed by atoms with Crippen LogP contribution in [-0.2, 0) is 19.1 Å². The van der Waals surface area contributed by atoms with Crippen LogP contribution in [0.15, 0.2) is 60.7 Å². The van der Waals surface area contributed by atoms with Gasteiger partial charge in [0.05, 0.1) is 13.1 Å². The Labute approximate surface area is 196 Å². The summed E-state index contributed by atoms with van der Waals surface area (Å²) in [6, 6.07) is 18.8. The number of carbonyl (C=O) groups excluding carboxylic acids is 2. The predicted octanol–water partition coefficient (Wildman–Crippen LogP) is 4.33. The molecule has 0 saturated carbocycles. The smallest absolute Gasteiger partial charge is 0.362 e. The average Bonchev–Trinajstić information content (AvgIpc) is 2.78. The molecule has 33 heavy (non-hydrogen) atoms. The zero-order valence-corrected chi connectivity index (χ0v) is 19.8. The summed E-state index contributed by atoms with van der Waals surface area (Å²) >= 11 is 0. The van der Waals surface area contributed by atoms with Gasteiger partial charge in [-0.1, -0.05) is 48.5 Å². The standard InChI is InChI=1S/C27H35N2O4/c1-27(2,3)33-24(30)19-29-16-14-20(15-17-29)23(18-29)32-26(31)25(21-10-6-4-7-11-21)28-22-12-8-5-9-13-22/h4-13,20,23,25,28H,14-19H2,1-3H3/q+1/t20?,23-,25?,29?/m0/s1. The van der Waals surface area contributed by atoms with Gasteiger partial charge in [-0.25, -0.2) is 9.59 Å². The van der Waals surface area contributed by atoms with Gasteiger partial charge in [0.2, 0.25) is 0 Å². The van der Waals surface area contributed by atoms with E-state index in [-0.39, 0.29) is 18.0 Å². The summed E-state index contributed by atoms with van der Waals surface area (Å²) in [5.74, 6) is -0.110. The third-order valence-corrected chi connectivity index (χ3v) is 6.65. The third kappa shape index (κ3) is 5.93. The van der Waals surface area contributed by atoms with Crippen molar-refractivity contribution in [1.82, 2.24) is 0 Å². The van der Waals surface area contributed by atoms with Crippen LogP contribution >= 0.6 is 0 Å². The van der Waals surface area contributed by atoms with Crippen molar-refractivity contribution >= 4 is 17.6 Å². The lowest BCUT2D eigenvalue weighted by Crippen LogP contribution is -2.66. The van der Waals surface area contributed by atoms with Crippen LogP contribution in [0, 0.1) is 5.92 Å². The first kappa shape index (κ1) is 23.3. The molecule has 2 aromatic carbocycles. The molecule has 3 heterocycles. The lowest BCUT2D eigenvalue weighted by Gasteiger charge is -2.51. The number of hydrogen-bond acceptors (Lipinski definition) is 5. The Hall–Kier alpha value is -2.86. The Balaban J connectivity index is 1.47. The van der Waals surface area contributed by atoms with E-state index in [2.05, 4.69) is 5.32 Å². The molecule has 176 valence electrons. The van der Waals surface area contributed by atoms with Gasteiger partial charge in [-0.15, -0.1) is 0 Å². The lowest BCUT2D eigenvalue weighted by atomic mass is 9.83. The number of piperidine rings is 3. The van der Waals surface area contributed by atoms with Crippen molar-refractivity contribution in [3.63, 3.8) is 0 Å². The number of para-hydroxylation sites is 1. The maximum atomic E-state index is 13.4. The molecule has 6 heteroatoms. The minimum absolute atomic E-state index is 0.180. The number of anilines is 1. The molecule has 2 bridgehead atoms. The molecular weight excluding hydrogens is 416 g/mol. The van der Waals surface area contributed by atoms with Gasteiger partial charge in [0.15, 0.2) is 18.7 Å². The van der Waals surface area contributed by atoms with Crippen LogP contribution < -0.4 is 5.32 Å². The van der Waals surface area contributed by atoms with Gasteiger partial charge in [-0.2, -0.15) is 0 Å². The Morgan fingerprint density at radius 1 is 1.00 bits per heavy atom. The number of rotatable bonds is 7. The minimum atomic E-state index is -0.594. The molecule has 6 nitrogen and oxygen atoms in total. The lowest BCUT2D eigenvalue weighted by molar-refractivity contribution is -0.939. The fourth-order valence-corrected chi connectivity index (χ4v) is 5.07. The highest BCUT2D eigenvalue weighted by atomic mass is 16.6. The van der Waals surface area contributed by atoms with Gasteiger partial charge in [0, 0.05) is 24.4 Å². The summed E-state index contributed by atoms with van der Waals surface area (Å²) in [6.07, 6.45) is 1.73. The van der Waals surface area contributed by atoms with Crippen molar-refractivity contribution in [2.24, 2.45) is 5.92 Å². The Kier molecular flexibility index (Phi) is 6.75. The molecule has 2 atom stereocenters. The first-order valence-electron chi connectivity index (χ1n) is 11.9. The highest BCUT2D eigenvalue weighted by Gasteiger charge is 2.49. The Bertz CT molecular complexity index is 947. The third-order valence-electron chi connectivity index (χ3n) is 6.65. The van der Waals surface area contributed by atoms with Gasteiger partial charge >= 0.3 is 11.9 Å². The molecule has 0 aromatic heterocycles. The van der Waals surface area contributed by atoms with Crippen molar-refractivity contribution in [2.75, 3.05) is 31.5 Å². The molecule has 1 unspecified atom stereocenters. The molecule has 3 aliphatic heterocycles. The van der Waals surface area contributed by atoms with E-state index in [0.717, 1.165) is 37.2 Å². The number of esters is 2. The predicted molar refractivity (Wildman–Crippen MR) is 127 cm³/mol. The fraction of sp³-hybridized carbons (Fsp3) is 0.481. The minimum Gasteiger partial charge on any atom is -0.456 e. The second-order valence-corrected chi connectivity index (χ2v) is 10.4. The summed E-state index contributed by atoms with van der Waals surface area (Å²) in [4.78, 5) is 26.0. The molecular formula is C27H35N2O4+. The highest BCUT2D eigenvalue weighted by Crippen LogP contribution is 2.36. The molecule has 3 fully saturated rings. The summed E-state index contributed by atoms with van der Waals surface area (Å²) in [5, 5.41) is 3.34. The molecule has 0 radical (unpaired) electrons. The zero-order valence-electron chi connectivity index (χ0n) is 19.8. The van der Waals surface area contributed by atoms with Gasteiger partial charge in [-0.3, -0.25) is 0 Å². The average molecular weight is 452 g/mol. The summed E-state index contributed by atoms with van der Waals surface area (Å²) in [6.45, 7) is 8.54. The Morgan fingerprint density at radius 2 is 1.61 bits per heavy atom. The molecule has 5 rings (SSSR count). The first-order valence-corrected chi connectivity index (χ1v) is 11.9. The second-order valence-electron chi connectivity index (χ2n) is 10.4. The SMILES string of the molecule is CC(C)(C)OC(=O)C[N+]12CCC(CC1)[C@@H](OC(=O)C(Nc1ccccc1)c1ccccc1)C2. The van der Waals surface area contributed by atoms with Crippen LogP contribution in [0.2, 0.25) is 0 Å². The molecule has 3 saturated heterocycles. The Morgan fingerprint density at radius 3 is 2.21 bits per heavy atom. The summed E-state index contributed by atoms with van der Waals surface area (Å²) < 4.78 is 12.4. The highest BCUT2D eigenvalue weighted by molar-refractivity contribution is 5.81. The molecule has 1 N–H and O–H groups in total. The van der Waals surface area contributed by atoms with Crippen LogP contribution in [0.25, 0.3) is 0 Å². The van der Waals surface area contributed by atoms with E-state index in [1.807, 2.05) is 81.4 Å². The summed E-state index contributed by atoms with van der Waals surface area (Å²) in [5.41, 5.74) is 1.23. The van der Waals surface area contributed by atoms with Crippen molar-refractivity contribution < 1.29 is 23.5 Å². The number of nitrogens with one attached hydrogen (secondary N) is 1. The second kappa shape index (κ2) is 9.56. The topological polar surface area (TPSA) is 64.6 Å². The van der Waals surface area contributed by atoms with Gasteiger partial charge in [0.1, 0.15) is 12.1 Å². The van der Waals surface area contributed by atoms with Crippen LogP contribution in [-0.4, -0.2) is 54.3 Å². The normalized spacial score (nSPS) is 25.2. The number of carbonyl (C=O) groups is 2. The van der Waals surface area contributed by atoms with Gasteiger partial charge < -0.3 is 19.3 Å². The van der Waals surface area contributed by atoms with E-state index in [0.29, 0.717) is 23.5 Å². The summed E-state index contributed by atoms with van der Waals surface area (Å²) in [7, 11) is 0. The van der Waals surface area contributed by atoms with Crippen LogP contribution in [0.3, 0.4) is 0 Å². The number of nitrogens with zero attached hydrogens (tertiary/aromatic N) is 1. The number of benzene rings is 2. The van der Waals surface area contributed by atoms with Gasteiger partial charge in [0.25, 0.3) is 0 Å². The maximum absolute atomic E-state index is 13.4. The van der Waals surface area contributed by atoms with E-state index in [1.165, 1.54) is 0 Å². The monoisotopic (exact) mass is 451 g/mol. The largest absolute Gasteiger partial charge is 0.456 e. The van der Waals surface area contributed by atoms with Crippen molar-refractivity contribution in [1.29, 1.82) is 0 Å². The van der Waals surface area contributed by atoms with Crippen molar-refractivity contribution in [2.45, 2.75) is 51.4 Å². The zero-order chi connectivity index (χ0) is 23.5. The van der Waals surface area contributed by atoms with Crippen LogP contribution in [0.1, 0.15) is 45.2 Å². The van der Waals surface area contributed by atoms with Crippen molar-refractivity contribution in [3.8, 4) is 0 Å². The number of fused-ring (bicyclic) bond motifs is 3. The van der Waals surface area contributed by atoms with E-state index < -0.39 is 11.6 Å². The van der Waals surface area contributed by atoms with E-state index in [4.69, 9.17) is 9.47 Å². The van der Waals surface area contributed by atoms with E-state index >= 15 is 0 Å².